The van der Waals surface area contributed by atoms with Crippen molar-refractivity contribution in [2.24, 2.45) is 5.84 Å². The van der Waals surface area contributed by atoms with Crippen LogP contribution < -0.4 is 11.3 Å². The van der Waals surface area contributed by atoms with Gasteiger partial charge in [0.1, 0.15) is 5.82 Å². The molecule has 0 aliphatic carbocycles. The molecule has 2 aromatic rings. The van der Waals surface area contributed by atoms with Gasteiger partial charge in [-0.25, -0.2) is 4.39 Å². The molecule has 0 aromatic heterocycles. The van der Waals surface area contributed by atoms with E-state index in [0.717, 1.165) is 12.8 Å². The maximum Gasteiger partial charge on any atom is 0.126 e. The summed E-state index contributed by atoms with van der Waals surface area (Å²) in [6.07, 6.45) is 2.26. The molecule has 1 atom stereocenters. The second-order valence-electron chi connectivity index (χ2n) is 4.83. The molecule has 0 saturated heterocycles. The SMILES string of the molecule is NNC(CCc1ccccc1)Cc1cc(Cl)ccc1F. The Morgan fingerprint density at radius 1 is 1.15 bits per heavy atom. The van der Waals surface area contributed by atoms with Crippen molar-refractivity contribution in [2.45, 2.75) is 25.3 Å². The van der Waals surface area contributed by atoms with E-state index in [-0.39, 0.29) is 11.9 Å². The lowest BCUT2D eigenvalue weighted by molar-refractivity contribution is 0.480. The number of hydrogen-bond acceptors (Lipinski definition) is 2. The van der Waals surface area contributed by atoms with E-state index in [4.69, 9.17) is 17.4 Å². The van der Waals surface area contributed by atoms with E-state index in [2.05, 4.69) is 17.6 Å². The van der Waals surface area contributed by atoms with E-state index in [1.807, 2.05) is 18.2 Å². The average molecular weight is 293 g/mol. The van der Waals surface area contributed by atoms with Crippen LogP contribution in [-0.2, 0) is 12.8 Å². The summed E-state index contributed by atoms with van der Waals surface area (Å²) in [7, 11) is 0. The Hall–Kier alpha value is -1.42. The van der Waals surface area contributed by atoms with Crippen LogP contribution in [0, 0.1) is 5.82 Å². The fourth-order valence-corrected chi connectivity index (χ4v) is 2.39. The van der Waals surface area contributed by atoms with Gasteiger partial charge in [0.05, 0.1) is 0 Å². The van der Waals surface area contributed by atoms with Crippen LogP contribution in [-0.4, -0.2) is 6.04 Å². The quantitative estimate of drug-likeness (QED) is 0.632. The third-order valence-electron chi connectivity index (χ3n) is 3.33. The minimum Gasteiger partial charge on any atom is -0.271 e. The lowest BCUT2D eigenvalue weighted by Gasteiger charge is -2.16. The number of benzene rings is 2. The highest BCUT2D eigenvalue weighted by molar-refractivity contribution is 6.30. The van der Waals surface area contributed by atoms with E-state index in [9.17, 15) is 4.39 Å². The second kappa shape index (κ2) is 7.39. The molecular weight excluding hydrogens is 275 g/mol. The highest BCUT2D eigenvalue weighted by atomic mass is 35.5. The Balaban J connectivity index is 1.97. The molecule has 0 aliphatic rings. The van der Waals surface area contributed by atoms with Crippen molar-refractivity contribution in [3.63, 3.8) is 0 Å². The van der Waals surface area contributed by atoms with E-state index in [0.29, 0.717) is 17.0 Å². The molecule has 0 spiro atoms. The fraction of sp³-hybridized carbons (Fsp3) is 0.250. The molecule has 2 aromatic carbocycles. The Bertz CT molecular complexity index is 545. The molecule has 2 nitrogen and oxygen atoms in total. The fourth-order valence-electron chi connectivity index (χ4n) is 2.20. The summed E-state index contributed by atoms with van der Waals surface area (Å²) < 4.78 is 13.7. The Morgan fingerprint density at radius 3 is 2.60 bits per heavy atom. The van der Waals surface area contributed by atoms with Gasteiger partial charge in [0.15, 0.2) is 0 Å². The van der Waals surface area contributed by atoms with Crippen molar-refractivity contribution >= 4 is 11.6 Å². The topological polar surface area (TPSA) is 38.0 Å². The molecule has 3 N–H and O–H groups in total. The first-order chi connectivity index (χ1) is 9.69. The van der Waals surface area contributed by atoms with Crippen LogP contribution >= 0.6 is 11.6 Å². The summed E-state index contributed by atoms with van der Waals surface area (Å²) in [4.78, 5) is 0. The summed E-state index contributed by atoms with van der Waals surface area (Å²) in [6, 6.07) is 14.8. The van der Waals surface area contributed by atoms with Crippen molar-refractivity contribution in [3.05, 3.63) is 70.5 Å². The zero-order valence-electron chi connectivity index (χ0n) is 11.2. The maximum atomic E-state index is 13.7. The van der Waals surface area contributed by atoms with Gasteiger partial charge in [0.25, 0.3) is 0 Å². The number of hydrazine groups is 1. The van der Waals surface area contributed by atoms with Gasteiger partial charge in [-0.15, -0.1) is 0 Å². The smallest absolute Gasteiger partial charge is 0.126 e. The Kier molecular flexibility index (Phi) is 5.53. The molecule has 4 heteroatoms. The van der Waals surface area contributed by atoms with Crippen molar-refractivity contribution in [1.29, 1.82) is 0 Å². The lowest BCUT2D eigenvalue weighted by Crippen LogP contribution is -2.37. The van der Waals surface area contributed by atoms with Crippen molar-refractivity contribution in [3.8, 4) is 0 Å². The molecule has 0 bridgehead atoms. The van der Waals surface area contributed by atoms with Gasteiger partial charge in [-0.1, -0.05) is 41.9 Å². The Morgan fingerprint density at radius 2 is 1.90 bits per heavy atom. The summed E-state index contributed by atoms with van der Waals surface area (Å²) in [6.45, 7) is 0. The second-order valence-corrected chi connectivity index (χ2v) is 5.26. The minimum absolute atomic E-state index is 0.0168. The van der Waals surface area contributed by atoms with Crippen molar-refractivity contribution in [2.75, 3.05) is 0 Å². The van der Waals surface area contributed by atoms with Crippen molar-refractivity contribution in [1.82, 2.24) is 5.43 Å². The first-order valence-corrected chi connectivity index (χ1v) is 7.01. The maximum absolute atomic E-state index is 13.7. The zero-order chi connectivity index (χ0) is 14.4. The first kappa shape index (κ1) is 15.0. The van der Waals surface area contributed by atoms with Crippen LogP contribution in [0.2, 0.25) is 5.02 Å². The Labute approximate surface area is 123 Å². The van der Waals surface area contributed by atoms with E-state index < -0.39 is 0 Å². The summed E-state index contributed by atoms with van der Waals surface area (Å²) in [5.41, 5.74) is 4.60. The molecule has 0 heterocycles. The highest BCUT2D eigenvalue weighted by Crippen LogP contribution is 2.17. The monoisotopic (exact) mass is 292 g/mol. The lowest BCUT2D eigenvalue weighted by atomic mass is 9.99. The molecule has 1 unspecified atom stereocenters. The van der Waals surface area contributed by atoms with Crippen LogP contribution in [0.15, 0.2) is 48.5 Å². The number of rotatable bonds is 6. The highest BCUT2D eigenvalue weighted by Gasteiger charge is 2.11. The predicted molar refractivity (Wildman–Crippen MR) is 81.0 cm³/mol. The van der Waals surface area contributed by atoms with Crippen LogP contribution in [0.5, 0.6) is 0 Å². The van der Waals surface area contributed by atoms with Gasteiger partial charge in [0.2, 0.25) is 0 Å². The number of nitrogens with one attached hydrogen (secondary N) is 1. The van der Waals surface area contributed by atoms with Gasteiger partial charge in [0, 0.05) is 11.1 Å². The average Bonchev–Trinajstić information content (AvgIpc) is 2.48. The van der Waals surface area contributed by atoms with Gasteiger partial charge >= 0.3 is 0 Å². The van der Waals surface area contributed by atoms with Crippen LogP contribution in [0.25, 0.3) is 0 Å². The zero-order valence-corrected chi connectivity index (χ0v) is 11.9. The molecule has 0 aliphatic heterocycles. The molecule has 0 amide bonds. The predicted octanol–water partition coefficient (Wildman–Crippen LogP) is 3.49. The van der Waals surface area contributed by atoms with Crippen molar-refractivity contribution < 1.29 is 4.39 Å². The van der Waals surface area contributed by atoms with Crippen LogP contribution in [0.3, 0.4) is 0 Å². The molecule has 106 valence electrons. The van der Waals surface area contributed by atoms with Crippen LogP contribution in [0.4, 0.5) is 4.39 Å². The number of aryl methyl sites for hydroxylation is 1. The van der Waals surface area contributed by atoms with Gasteiger partial charge in [-0.05, 0) is 48.6 Å². The summed E-state index contributed by atoms with van der Waals surface area (Å²) in [5.74, 6) is 5.33. The normalized spacial score (nSPS) is 12.3. The third-order valence-corrected chi connectivity index (χ3v) is 3.57. The summed E-state index contributed by atoms with van der Waals surface area (Å²) in [5, 5.41) is 0.542. The molecule has 20 heavy (non-hydrogen) atoms. The number of nitrogens with two attached hydrogens (primary N) is 1. The van der Waals surface area contributed by atoms with E-state index in [1.165, 1.54) is 11.6 Å². The molecule has 0 fully saturated rings. The van der Waals surface area contributed by atoms with Crippen LogP contribution in [0.1, 0.15) is 17.5 Å². The third kappa shape index (κ3) is 4.30. The van der Waals surface area contributed by atoms with E-state index >= 15 is 0 Å². The van der Waals surface area contributed by atoms with E-state index in [1.54, 1.807) is 12.1 Å². The number of hydrogen-bond donors (Lipinski definition) is 2. The largest absolute Gasteiger partial charge is 0.271 e. The van der Waals surface area contributed by atoms with Gasteiger partial charge < -0.3 is 0 Å². The van der Waals surface area contributed by atoms with Gasteiger partial charge in [-0.3, -0.25) is 11.3 Å². The first-order valence-electron chi connectivity index (χ1n) is 6.63. The summed E-state index contributed by atoms with van der Waals surface area (Å²) >= 11 is 5.90. The molecule has 0 radical (unpaired) electrons. The standard InChI is InChI=1S/C16H18ClFN2/c17-14-7-9-16(18)13(10-14)11-15(20-19)8-6-12-4-2-1-3-5-12/h1-5,7,9-10,15,20H,6,8,11,19H2. The molecular formula is C16H18ClFN2. The molecule has 0 saturated carbocycles. The minimum atomic E-state index is -0.241. The molecule has 2 rings (SSSR count). The number of halogens is 2. The van der Waals surface area contributed by atoms with Gasteiger partial charge in [-0.2, -0.15) is 0 Å².